The number of benzene rings is 2. The van der Waals surface area contributed by atoms with Gasteiger partial charge in [-0.1, -0.05) is 35.9 Å². The van der Waals surface area contributed by atoms with Gasteiger partial charge >= 0.3 is 5.97 Å². The van der Waals surface area contributed by atoms with E-state index in [4.69, 9.17) is 16.3 Å². The molecule has 7 heteroatoms. The molecule has 1 aliphatic heterocycles. The lowest BCUT2D eigenvalue weighted by molar-refractivity contribution is -0.384. The highest BCUT2D eigenvalue weighted by atomic mass is 35.5. The van der Waals surface area contributed by atoms with Crippen molar-refractivity contribution in [3.63, 3.8) is 0 Å². The van der Waals surface area contributed by atoms with E-state index < -0.39 is 10.9 Å². The van der Waals surface area contributed by atoms with Crippen LogP contribution in [0.3, 0.4) is 0 Å². The Balaban J connectivity index is 1.67. The second kappa shape index (κ2) is 8.29. The average molecular weight is 375 g/mol. The molecule has 0 aromatic heterocycles. The van der Waals surface area contributed by atoms with Crippen LogP contribution < -0.4 is 0 Å². The van der Waals surface area contributed by atoms with E-state index in [0.29, 0.717) is 0 Å². The van der Waals surface area contributed by atoms with Crippen LogP contribution in [-0.4, -0.2) is 28.9 Å². The molecular formula is C19H19ClN2O4. The van der Waals surface area contributed by atoms with Crippen molar-refractivity contribution in [2.24, 2.45) is 0 Å². The maximum atomic E-state index is 12.3. The number of likely N-dealkylation sites (tertiary alicyclic amines) is 1. The fraction of sp³-hybridized carbons (Fsp3) is 0.316. The minimum absolute atomic E-state index is 0.00884. The van der Waals surface area contributed by atoms with Gasteiger partial charge in [0.25, 0.3) is 5.69 Å². The molecule has 26 heavy (non-hydrogen) atoms. The highest BCUT2D eigenvalue weighted by molar-refractivity contribution is 6.33. The first kappa shape index (κ1) is 18.4. The van der Waals surface area contributed by atoms with E-state index in [2.05, 4.69) is 4.90 Å². The van der Waals surface area contributed by atoms with Crippen LogP contribution in [0.2, 0.25) is 5.02 Å². The van der Waals surface area contributed by atoms with Gasteiger partial charge in [-0.3, -0.25) is 15.0 Å². The zero-order valence-corrected chi connectivity index (χ0v) is 14.9. The van der Waals surface area contributed by atoms with E-state index in [9.17, 15) is 14.9 Å². The summed E-state index contributed by atoms with van der Waals surface area (Å²) in [5.41, 5.74) is 2.04. The number of non-ortho nitro benzene ring substituents is 1. The lowest BCUT2D eigenvalue weighted by Crippen LogP contribution is -2.19. The van der Waals surface area contributed by atoms with Crippen molar-refractivity contribution in [2.45, 2.75) is 26.0 Å². The first-order valence-corrected chi connectivity index (χ1v) is 8.82. The lowest BCUT2D eigenvalue weighted by Gasteiger charge is -2.17. The Bertz CT molecular complexity index is 819. The molecule has 2 aromatic rings. The van der Waals surface area contributed by atoms with Gasteiger partial charge in [0, 0.05) is 18.7 Å². The van der Waals surface area contributed by atoms with Gasteiger partial charge in [0.15, 0.2) is 0 Å². The van der Waals surface area contributed by atoms with Crippen LogP contribution in [0.5, 0.6) is 0 Å². The molecule has 0 N–H and O–H groups in total. The third-order valence-corrected chi connectivity index (χ3v) is 4.77. The molecule has 0 spiro atoms. The summed E-state index contributed by atoms with van der Waals surface area (Å²) in [4.78, 5) is 24.9. The molecule has 2 aromatic carbocycles. The Hall–Kier alpha value is -2.44. The molecular weight excluding hydrogens is 356 g/mol. The fourth-order valence-corrected chi connectivity index (χ4v) is 3.29. The number of hydrogen-bond donors (Lipinski definition) is 0. The zero-order chi connectivity index (χ0) is 18.5. The van der Waals surface area contributed by atoms with Crippen LogP contribution in [0.4, 0.5) is 5.69 Å². The van der Waals surface area contributed by atoms with E-state index in [-0.39, 0.29) is 22.9 Å². The summed E-state index contributed by atoms with van der Waals surface area (Å²) in [5, 5.41) is 10.8. The summed E-state index contributed by atoms with van der Waals surface area (Å²) < 4.78 is 5.39. The Morgan fingerprint density at radius 1 is 1.15 bits per heavy atom. The molecule has 1 fully saturated rings. The predicted molar refractivity (Wildman–Crippen MR) is 98.2 cm³/mol. The third-order valence-electron chi connectivity index (χ3n) is 4.45. The number of carbonyl (C=O) groups excluding carboxylic acids is 1. The van der Waals surface area contributed by atoms with E-state index >= 15 is 0 Å². The number of rotatable bonds is 6. The molecule has 0 atom stereocenters. The van der Waals surface area contributed by atoms with E-state index in [0.717, 1.165) is 36.8 Å². The number of hydrogen-bond acceptors (Lipinski definition) is 5. The Kier molecular flexibility index (Phi) is 5.85. The van der Waals surface area contributed by atoms with E-state index in [1.54, 1.807) is 0 Å². The summed E-state index contributed by atoms with van der Waals surface area (Å²) in [6.45, 7) is 3.15. The minimum atomic E-state index is -0.596. The second-order valence-electron chi connectivity index (χ2n) is 6.25. The van der Waals surface area contributed by atoms with Gasteiger partial charge in [-0.2, -0.15) is 0 Å². The average Bonchev–Trinajstić information content (AvgIpc) is 3.13. The van der Waals surface area contributed by atoms with Gasteiger partial charge in [-0.05, 0) is 43.1 Å². The Labute approximate surface area is 156 Å². The van der Waals surface area contributed by atoms with Crippen molar-refractivity contribution >= 4 is 23.3 Å². The largest absolute Gasteiger partial charge is 0.457 e. The van der Waals surface area contributed by atoms with Crippen molar-refractivity contribution in [3.8, 4) is 0 Å². The summed E-state index contributed by atoms with van der Waals surface area (Å²) in [5.74, 6) is -0.596. The van der Waals surface area contributed by atoms with Gasteiger partial charge in [0.1, 0.15) is 6.61 Å². The van der Waals surface area contributed by atoms with Crippen LogP contribution in [0, 0.1) is 10.1 Å². The van der Waals surface area contributed by atoms with Crippen LogP contribution >= 0.6 is 11.6 Å². The summed E-state index contributed by atoms with van der Waals surface area (Å²) in [6.07, 6.45) is 2.44. The first-order chi connectivity index (χ1) is 12.5. The molecule has 0 bridgehead atoms. The molecule has 0 aliphatic carbocycles. The molecule has 6 nitrogen and oxygen atoms in total. The first-order valence-electron chi connectivity index (χ1n) is 8.45. The SMILES string of the molecule is O=C(OCc1ccccc1CN1CCCC1)c1ccc([N+](=O)[O-])cc1Cl. The Morgan fingerprint density at radius 3 is 2.50 bits per heavy atom. The molecule has 1 heterocycles. The number of nitro groups is 1. The smallest absolute Gasteiger partial charge is 0.339 e. The second-order valence-corrected chi connectivity index (χ2v) is 6.66. The fourth-order valence-electron chi connectivity index (χ4n) is 3.04. The van der Waals surface area contributed by atoms with E-state index in [1.807, 2.05) is 24.3 Å². The highest BCUT2D eigenvalue weighted by Crippen LogP contribution is 2.24. The van der Waals surface area contributed by atoms with Gasteiger partial charge in [0.2, 0.25) is 0 Å². The molecule has 0 unspecified atom stereocenters. The molecule has 1 saturated heterocycles. The van der Waals surface area contributed by atoms with Crippen LogP contribution in [0.1, 0.15) is 34.3 Å². The van der Waals surface area contributed by atoms with Crippen molar-refractivity contribution in [1.82, 2.24) is 4.90 Å². The van der Waals surface area contributed by atoms with Crippen molar-refractivity contribution < 1.29 is 14.5 Å². The number of nitro benzene ring substituents is 1. The van der Waals surface area contributed by atoms with Gasteiger partial charge in [0.05, 0.1) is 15.5 Å². The topological polar surface area (TPSA) is 72.7 Å². The normalized spacial score (nSPS) is 14.3. The molecule has 3 rings (SSSR count). The van der Waals surface area contributed by atoms with E-state index in [1.165, 1.54) is 25.0 Å². The van der Waals surface area contributed by atoms with Gasteiger partial charge in [-0.25, -0.2) is 4.79 Å². The Morgan fingerprint density at radius 2 is 1.85 bits per heavy atom. The summed E-state index contributed by atoms with van der Waals surface area (Å²) >= 11 is 5.98. The molecule has 1 aliphatic rings. The molecule has 0 saturated carbocycles. The number of esters is 1. The maximum Gasteiger partial charge on any atom is 0.339 e. The summed E-state index contributed by atoms with van der Waals surface area (Å²) in [6, 6.07) is 11.6. The predicted octanol–water partition coefficient (Wildman–Crippen LogP) is 4.20. The third kappa shape index (κ3) is 4.39. The van der Waals surface area contributed by atoms with Crippen LogP contribution in [0.15, 0.2) is 42.5 Å². The standard InChI is InChI=1S/C19H19ClN2O4/c20-18-11-16(22(24)25)7-8-17(18)19(23)26-13-15-6-2-1-5-14(15)12-21-9-3-4-10-21/h1-2,5-8,11H,3-4,9-10,12-13H2. The van der Waals surface area contributed by atoms with Gasteiger partial charge in [-0.15, -0.1) is 0 Å². The molecule has 136 valence electrons. The number of carbonyl (C=O) groups is 1. The van der Waals surface area contributed by atoms with Crippen LogP contribution in [0.25, 0.3) is 0 Å². The monoisotopic (exact) mass is 374 g/mol. The van der Waals surface area contributed by atoms with Crippen molar-refractivity contribution in [1.29, 1.82) is 0 Å². The number of nitrogens with zero attached hydrogens (tertiary/aromatic N) is 2. The number of ether oxygens (including phenoxy) is 1. The highest BCUT2D eigenvalue weighted by Gasteiger charge is 2.18. The quantitative estimate of drug-likeness (QED) is 0.430. The van der Waals surface area contributed by atoms with Gasteiger partial charge < -0.3 is 4.74 Å². The molecule has 0 radical (unpaired) electrons. The minimum Gasteiger partial charge on any atom is -0.457 e. The molecule has 0 amide bonds. The van der Waals surface area contributed by atoms with Crippen LogP contribution in [-0.2, 0) is 17.9 Å². The lowest BCUT2D eigenvalue weighted by atomic mass is 10.1. The maximum absolute atomic E-state index is 12.3. The van der Waals surface area contributed by atoms with Crippen molar-refractivity contribution in [2.75, 3.05) is 13.1 Å². The van der Waals surface area contributed by atoms with Crippen molar-refractivity contribution in [3.05, 3.63) is 74.3 Å². The zero-order valence-electron chi connectivity index (χ0n) is 14.2. The number of halogens is 1. The summed E-state index contributed by atoms with van der Waals surface area (Å²) in [7, 11) is 0.